The lowest BCUT2D eigenvalue weighted by atomic mass is 10.0. The SMILES string of the molecule is COc1ccc(-c2cc(C(F)(F)F)c(CN)c(=O)[nH]2)cc1. The summed E-state index contributed by atoms with van der Waals surface area (Å²) in [5.74, 6) is 0.565. The van der Waals surface area contributed by atoms with Gasteiger partial charge in [0.05, 0.1) is 12.7 Å². The number of halogens is 3. The van der Waals surface area contributed by atoms with E-state index in [0.29, 0.717) is 11.3 Å². The predicted octanol–water partition coefficient (Wildman–Crippen LogP) is 2.53. The molecule has 0 aliphatic carbocycles. The zero-order valence-electron chi connectivity index (χ0n) is 11.1. The maximum absolute atomic E-state index is 13.0. The Morgan fingerprint density at radius 1 is 1.24 bits per heavy atom. The molecule has 0 atom stereocenters. The molecule has 21 heavy (non-hydrogen) atoms. The number of benzene rings is 1. The van der Waals surface area contributed by atoms with E-state index < -0.39 is 29.4 Å². The second kappa shape index (κ2) is 5.61. The quantitative estimate of drug-likeness (QED) is 0.915. The van der Waals surface area contributed by atoms with Gasteiger partial charge in [-0.2, -0.15) is 13.2 Å². The fraction of sp³-hybridized carbons (Fsp3) is 0.214. The molecule has 0 bridgehead atoms. The number of H-pyrrole nitrogens is 1. The van der Waals surface area contributed by atoms with Crippen LogP contribution in [0.15, 0.2) is 35.1 Å². The summed E-state index contributed by atoms with van der Waals surface area (Å²) in [4.78, 5) is 14.2. The number of rotatable bonds is 3. The maximum atomic E-state index is 13.0. The third-order valence-corrected chi connectivity index (χ3v) is 3.05. The van der Waals surface area contributed by atoms with E-state index in [4.69, 9.17) is 10.5 Å². The van der Waals surface area contributed by atoms with E-state index in [1.807, 2.05) is 0 Å². The first-order valence-corrected chi connectivity index (χ1v) is 6.04. The Bertz CT molecular complexity index is 691. The Balaban J connectivity index is 2.60. The number of ether oxygens (including phenoxy) is 1. The van der Waals surface area contributed by atoms with Crippen LogP contribution in [0.2, 0.25) is 0 Å². The highest BCUT2D eigenvalue weighted by molar-refractivity contribution is 5.61. The molecule has 1 heterocycles. The van der Waals surface area contributed by atoms with Gasteiger partial charge in [0.15, 0.2) is 0 Å². The first-order valence-electron chi connectivity index (χ1n) is 6.04. The van der Waals surface area contributed by atoms with Crippen molar-refractivity contribution < 1.29 is 17.9 Å². The van der Waals surface area contributed by atoms with Gasteiger partial charge in [0, 0.05) is 17.8 Å². The Labute approximate surface area is 118 Å². The van der Waals surface area contributed by atoms with Crippen LogP contribution < -0.4 is 16.0 Å². The van der Waals surface area contributed by atoms with Gasteiger partial charge in [-0.15, -0.1) is 0 Å². The van der Waals surface area contributed by atoms with Crippen molar-refractivity contribution in [3.63, 3.8) is 0 Å². The van der Waals surface area contributed by atoms with Gasteiger partial charge in [-0.3, -0.25) is 4.79 Å². The summed E-state index contributed by atoms with van der Waals surface area (Å²) in [7, 11) is 1.48. The van der Waals surface area contributed by atoms with Gasteiger partial charge in [0.2, 0.25) is 0 Å². The van der Waals surface area contributed by atoms with Gasteiger partial charge in [0.25, 0.3) is 5.56 Å². The van der Waals surface area contributed by atoms with Crippen molar-refractivity contribution in [1.29, 1.82) is 0 Å². The van der Waals surface area contributed by atoms with Crippen molar-refractivity contribution in [1.82, 2.24) is 4.98 Å². The van der Waals surface area contributed by atoms with Crippen LogP contribution in [0.1, 0.15) is 11.1 Å². The molecule has 1 aromatic carbocycles. The zero-order valence-corrected chi connectivity index (χ0v) is 11.1. The molecule has 0 saturated carbocycles. The third-order valence-electron chi connectivity index (χ3n) is 3.05. The highest BCUT2D eigenvalue weighted by Gasteiger charge is 2.34. The Morgan fingerprint density at radius 3 is 2.33 bits per heavy atom. The highest BCUT2D eigenvalue weighted by Crippen LogP contribution is 2.33. The minimum atomic E-state index is -4.63. The van der Waals surface area contributed by atoms with E-state index in [-0.39, 0.29) is 5.69 Å². The zero-order chi connectivity index (χ0) is 15.6. The molecule has 3 N–H and O–H groups in total. The van der Waals surface area contributed by atoms with E-state index in [2.05, 4.69) is 4.98 Å². The van der Waals surface area contributed by atoms with Crippen LogP contribution in [-0.2, 0) is 12.7 Å². The first-order chi connectivity index (χ1) is 9.86. The Hall–Kier alpha value is -2.28. The molecular weight excluding hydrogens is 285 g/mol. The lowest BCUT2D eigenvalue weighted by molar-refractivity contribution is -0.138. The van der Waals surface area contributed by atoms with Gasteiger partial charge in [0.1, 0.15) is 5.75 Å². The minimum Gasteiger partial charge on any atom is -0.497 e. The molecular formula is C14H13F3N2O2. The number of nitrogens with one attached hydrogen (secondary N) is 1. The van der Waals surface area contributed by atoms with Crippen LogP contribution in [0.25, 0.3) is 11.3 Å². The third kappa shape index (κ3) is 3.08. The van der Waals surface area contributed by atoms with Crippen molar-refractivity contribution in [3.8, 4) is 17.0 Å². The average Bonchev–Trinajstić information content (AvgIpc) is 2.45. The molecule has 0 amide bonds. The van der Waals surface area contributed by atoms with Gasteiger partial charge >= 0.3 is 6.18 Å². The fourth-order valence-corrected chi connectivity index (χ4v) is 1.97. The summed E-state index contributed by atoms with van der Waals surface area (Å²) in [6.07, 6.45) is -4.63. The van der Waals surface area contributed by atoms with Gasteiger partial charge in [-0.1, -0.05) is 0 Å². The molecule has 4 nitrogen and oxygen atoms in total. The standard InChI is InChI=1S/C14H13F3N2O2/c1-21-9-4-2-8(3-5-9)12-6-11(14(15,16)17)10(7-18)13(20)19-12/h2-6H,7,18H2,1H3,(H,19,20). The Kier molecular flexibility index (Phi) is 4.04. The molecule has 0 aliphatic rings. The number of aromatic amines is 1. The molecule has 2 aromatic rings. The maximum Gasteiger partial charge on any atom is 0.416 e. The monoisotopic (exact) mass is 298 g/mol. The molecule has 0 spiro atoms. The van der Waals surface area contributed by atoms with Crippen LogP contribution in [0.4, 0.5) is 13.2 Å². The van der Waals surface area contributed by atoms with E-state index >= 15 is 0 Å². The second-order valence-corrected chi connectivity index (χ2v) is 4.33. The van der Waals surface area contributed by atoms with Gasteiger partial charge < -0.3 is 15.5 Å². The molecule has 0 unspecified atom stereocenters. The summed E-state index contributed by atoms with van der Waals surface area (Å²) in [5, 5.41) is 0. The van der Waals surface area contributed by atoms with Crippen LogP contribution in [0.3, 0.4) is 0 Å². The molecule has 7 heteroatoms. The van der Waals surface area contributed by atoms with Crippen molar-refractivity contribution in [2.45, 2.75) is 12.7 Å². The lowest BCUT2D eigenvalue weighted by Crippen LogP contribution is -2.23. The lowest BCUT2D eigenvalue weighted by Gasteiger charge is -2.13. The number of methoxy groups -OCH3 is 1. The van der Waals surface area contributed by atoms with Crippen molar-refractivity contribution in [2.24, 2.45) is 5.73 Å². The van der Waals surface area contributed by atoms with E-state index in [0.717, 1.165) is 6.07 Å². The molecule has 112 valence electrons. The summed E-state index contributed by atoms with van der Waals surface area (Å²) in [6, 6.07) is 7.21. The largest absolute Gasteiger partial charge is 0.497 e. The number of hydrogen-bond acceptors (Lipinski definition) is 3. The number of alkyl halides is 3. The number of aromatic nitrogens is 1. The normalized spacial score (nSPS) is 11.5. The number of pyridine rings is 1. The highest BCUT2D eigenvalue weighted by atomic mass is 19.4. The predicted molar refractivity (Wildman–Crippen MR) is 71.9 cm³/mol. The molecule has 0 aliphatic heterocycles. The van der Waals surface area contributed by atoms with E-state index in [1.165, 1.54) is 7.11 Å². The molecule has 0 fully saturated rings. The number of nitrogens with two attached hydrogens (primary N) is 1. The summed E-state index contributed by atoms with van der Waals surface area (Å²) in [5.41, 5.74) is 3.44. The summed E-state index contributed by atoms with van der Waals surface area (Å²) in [6.45, 7) is -0.479. The summed E-state index contributed by atoms with van der Waals surface area (Å²) >= 11 is 0. The van der Waals surface area contributed by atoms with E-state index in [9.17, 15) is 18.0 Å². The smallest absolute Gasteiger partial charge is 0.416 e. The van der Waals surface area contributed by atoms with Crippen LogP contribution in [-0.4, -0.2) is 12.1 Å². The van der Waals surface area contributed by atoms with Crippen molar-refractivity contribution >= 4 is 0 Å². The fourth-order valence-electron chi connectivity index (χ4n) is 1.97. The van der Waals surface area contributed by atoms with Crippen LogP contribution >= 0.6 is 0 Å². The second-order valence-electron chi connectivity index (χ2n) is 4.33. The Morgan fingerprint density at radius 2 is 1.86 bits per heavy atom. The van der Waals surface area contributed by atoms with Crippen LogP contribution in [0, 0.1) is 0 Å². The number of hydrogen-bond donors (Lipinski definition) is 2. The van der Waals surface area contributed by atoms with Crippen LogP contribution in [0.5, 0.6) is 5.75 Å². The first kappa shape index (κ1) is 15.1. The topological polar surface area (TPSA) is 68.1 Å². The molecule has 0 radical (unpaired) electrons. The average molecular weight is 298 g/mol. The minimum absolute atomic E-state index is 0.0761. The molecule has 2 rings (SSSR count). The van der Waals surface area contributed by atoms with Gasteiger partial charge in [-0.05, 0) is 35.9 Å². The summed E-state index contributed by atoms with van der Waals surface area (Å²) < 4.78 is 44.0. The molecule has 1 aromatic heterocycles. The van der Waals surface area contributed by atoms with E-state index in [1.54, 1.807) is 24.3 Å². The van der Waals surface area contributed by atoms with Crippen molar-refractivity contribution in [3.05, 3.63) is 51.8 Å². The van der Waals surface area contributed by atoms with Crippen molar-refractivity contribution in [2.75, 3.05) is 7.11 Å². The van der Waals surface area contributed by atoms with Gasteiger partial charge in [-0.25, -0.2) is 0 Å². The molecule has 0 saturated heterocycles.